The lowest BCUT2D eigenvalue weighted by molar-refractivity contribution is -0.137. The van der Waals surface area contributed by atoms with Gasteiger partial charge in [-0.3, -0.25) is 4.79 Å². The van der Waals surface area contributed by atoms with Gasteiger partial charge in [-0.25, -0.2) is 0 Å². The quantitative estimate of drug-likeness (QED) is 0.735. The molecule has 0 saturated carbocycles. The Kier molecular flexibility index (Phi) is 6.52. The first-order chi connectivity index (χ1) is 9.79. The number of hydrogen-bond acceptors (Lipinski definition) is 1. The van der Waals surface area contributed by atoms with Gasteiger partial charge in [0.2, 0.25) is 5.91 Å². The fraction of sp³-hybridized carbons (Fsp3) is 0.533. The van der Waals surface area contributed by atoms with E-state index in [1.165, 1.54) is 0 Å². The molecule has 0 aliphatic carbocycles. The lowest BCUT2D eigenvalue weighted by Crippen LogP contribution is -2.22. The van der Waals surface area contributed by atoms with Crippen LogP contribution in [0.4, 0.5) is 18.9 Å². The fourth-order valence-electron chi connectivity index (χ4n) is 2.00. The van der Waals surface area contributed by atoms with Crippen LogP contribution >= 0.6 is 11.6 Å². The number of carbonyl (C=O) groups excluding carboxylic acids is 1. The number of amides is 1. The summed E-state index contributed by atoms with van der Waals surface area (Å²) in [5.41, 5.74) is -0.824. The standard InChI is InChI=1S/C15H19ClF3NO/c1-3-5-6-10(4-2)14(21)20-13-9-11(15(17,18)19)7-8-12(13)16/h7-10H,3-6H2,1-2H3,(H,20,21)/t10-/m0/s1. The highest BCUT2D eigenvalue weighted by molar-refractivity contribution is 6.33. The van der Waals surface area contributed by atoms with Crippen LogP contribution in [0.5, 0.6) is 0 Å². The number of alkyl halides is 3. The number of rotatable bonds is 6. The summed E-state index contributed by atoms with van der Waals surface area (Å²) in [7, 11) is 0. The summed E-state index contributed by atoms with van der Waals surface area (Å²) in [6.45, 7) is 3.90. The number of hydrogen-bond donors (Lipinski definition) is 1. The van der Waals surface area contributed by atoms with Crippen molar-refractivity contribution in [3.8, 4) is 0 Å². The smallest absolute Gasteiger partial charge is 0.325 e. The maximum atomic E-state index is 12.7. The summed E-state index contributed by atoms with van der Waals surface area (Å²) in [6, 6.07) is 2.91. The maximum absolute atomic E-state index is 12.7. The van der Waals surface area contributed by atoms with Crippen LogP contribution in [0.1, 0.15) is 45.1 Å². The molecule has 0 spiro atoms. The molecule has 0 bridgehead atoms. The highest BCUT2D eigenvalue weighted by Crippen LogP contribution is 2.34. The molecular weight excluding hydrogens is 303 g/mol. The Bertz CT molecular complexity index is 488. The molecule has 1 N–H and O–H groups in total. The molecule has 0 aliphatic rings. The van der Waals surface area contributed by atoms with Crippen molar-refractivity contribution in [1.29, 1.82) is 0 Å². The fourth-order valence-corrected chi connectivity index (χ4v) is 2.17. The first-order valence-corrected chi connectivity index (χ1v) is 7.35. The third kappa shape index (κ3) is 5.23. The van der Waals surface area contributed by atoms with E-state index in [0.717, 1.165) is 37.5 Å². The zero-order chi connectivity index (χ0) is 16.0. The molecule has 0 radical (unpaired) electrons. The van der Waals surface area contributed by atoms with Crippen molar-refractivity contribution in [1.82, 2.24) is 0 Å². The van der Waals surface area contributed by atoms with Gasteiger partial charge < -0.3 is 5.32 Å². The van der Waals surface area contributed by atoms with Crippen molar-refractivity contribution in [2.45, 2.75) is 45.7 Å². The van der Waals surface area contributed by atoms with E-state index in [0.29, 0.717) is 6.42 Å². The Morgan fingerprint density at radius 2 is 2.00 bits per heavy atom. The Morgan fingerprint density at radius 1 is 1.33 bits per heavy atom. The molecular formula is C15H19ClF3NO. The average Bonchev–Trinajstić information content (AvgIpc) is 2.41. The topological polar surface area (TPSA) is 29.1 Å². The Hall–Kier alpha value is -1.23. The molecule has 1 aromatic carbocycles. The monoisotopic (exact) mass is 321 g/mol. The van der Waals surface area contributed by atoms with Crippen LogP contribution in [0, 0.1) is 5.92 Å². The van der Waals surface area contributed by atoms with Crippen molar-refractivity contribution in [3.05, 3.63) is 28.8 Å². The van der Waals surface area contributed by atoms with Crippen LogP contribution in [0.2, 0.25) is 5.02 Å². The molecule has 0 fully saturated rings. The molecule has 6 heteroatoms. The van der Waals surface area contributed by atoms with Gasteiger partial charge in [0.15, 0.2) is 0 Å². The third-order valence-electron chi connectivity index (χ3n) is 3.32. The number of benzene rings is 1. The van der Waals surface area contributed by atoms with Crippen LogP contribution < -0.4 is 5.32 Å². The van der Waals surface area contributed by atoms with E-state index < -0.39 is 11.7 Å². The Balaban J connectivity index is 2.88. The van der Waals surface area contributed by atoms with Crippen LogP contribution in [0.15, 0.2) is 18.2 Å². The average molecular weight is 322 g/mol. The number of halogens is 4. The maximum Gasteiger partial charge on any atom is 0.416 e. The van der Waals surface area contributed by atoms with Gasteiger partial charge in [-0.1, -0.05) is 38.3 Å². The van der Waals surface area contributed by atoms with Crippen molar-refractivity contribution < 1.29 is 18.0 Å². The lowest BCUT2D eigenvalue weighted by Gasteiger charge is -2.16. The molecule has 1 amide bonds. The molecule has 0 heterocycles. The highest BCUT2D eigenvalue weighted by atomic mass is 35.5. The van der Waals surface area contributed by atoms with Crippen molar-refractivity contribution in [3.63, 3.8) is 0 Å². The van der Waals surface area contributed by atoms with E-state index in [1.807, 2.05) is 13.8 Å². The minimum absolute atomic E-state index is 0.00596. The largest absolute Gasteiger partial charge is 0.416 e. The summed E-state index contributed by atoms with van der Waals surface area (Å²) in [4.78, 5) is 12.1. The summed E-state index contributed by atoms with van der Waals surface area (Å²) in [5.74, 6) is -0.497. The minimum atomic E-state index is -4.46. The van der Waals surface area contributed by atoms with E-state index >= 15 is 0 Å². The van der Waals surface area contributed by atoms with E-state index in [-0.39, 0.29) is 22.5 Å². The van der Waals surface area contributed by atoms with Gasteiger partial charge in [0.1, 0.15) is 0 Å². The van der Waals surface area contributed by atoms with Gasteiger partial charge in [-0.15, -0.1) is 0 Å². The zero-order valence-corrected chi connectivity index (χ0v) is 12.8. The van der Waals surface area contributed by atoms with E-state index in [9.17, 15) is 18.0 Å². The second kappa shape index (κ2) is 7.69. The lowest BCUT2D eigenvalue weighted by atomic mass is 9.98. The molecule has 1 rings (SSSR count). The SMILES string of the molecule is CCCC[C@H](CC)C(=O)Nc1cc(C(F)(F)F)ccc1Cl. The van der Waals surface area contributed by atoms with Crippen molar-refractivity contribution >= 4 is 23.2 Å². The van der Waals surface area contributed by atoms with Gasteiger partial charge >= 0.3 is 6.18 Å². The van der Waals surface area contributed by atoms with Gasteiger partial charge in [0.05, 0.1) is 16.3 Å². The van der Waals surface area contributed by atoms with Crippen molar-refractivity contribution in [2.24, 2.45) is 5.92 Å². The number of anilines is 1. The predicted octanol–water partition coefficient (Wildman–Crippen LogP) is 5.51. The molecule has 21 heavy (non-hydrogen) atoms. The van der Waals surface area contributed by atoms with Crippen LogP contribution in [-0.2, 0) is 11.0 Å². The zero-order valence-electron chi connectivity index (χ0n) is 12.1. The molecule has 2 nitrogen and oxygen atoms in total. The first kappa shape index (κ1) is 17.8. The second-order valence-electron chi connectivity index (χ2n) is 4.93. The molecule has 1 aromatic rings. The molecule has 1 atom stereocenters. The van der Waals surface area contributed by atoms with Crippen LogP contribution in [0.3, 0.4) is 0 Å². The predicted molar refractivity (Wildman–Crippen MR) is 78.4 cm³/mol. The number of nitrogens with one attached hydrogen (secondary N) is 1. The highest BCUT2D eigenvalue weighted by Gasteiger charge is 2.31. The van der Waals surface area contributed by atoms with E-state index in [4.69, 9.17) is 11.6 Å². The van der Waals surface area contributed by atoms with Crippen molar-refractivity contribution in [2.75, 3.05) is 5.32 Å². The first-order valence-electron chi connectivity index (χ1n) is 6.97. The summed E-state index contributed by atoms with van der Waals surface area (Å²) in [6.07, 6.45) is -1.23. The van der Waals surface area contributed by atoms with Gasteiger partial charge in [0.25, 0.3) is 0 Å². The number of carbonyl (C=O) groups is 1. The van der Waals surface area contributed by atoms with E-state index in [1.54, 1.807) is 0 Å². The van der Waals surface area contributed by atoms with Gasteiger partial charge in [-0.05, 0) is 31.0 Å². The third-order valence-corrected chi connectivity index (χ3v) is 3.65. The Morgan fingerprint density at radius 3 is 2.52 bits per heavy atom. The van der Waals surface area contributed by atoms with Crippen LogP contribution in [0.25, 0.3) is 0 Å². The summed E-state index contributed by atoms with van der Waals surface area (Å²) in [5, 5.41) is 2.61. The molecule has 0 aliphatic heterocycles. The molecule has 0 aromatic heterocycles. The minimum Gasteiger partial charge on any atom is -0.325 e. The van der Waals surface area contributed by atoms with Gasteiger partial charge in [-0.2, -0.15) is 13.2 Å². The second-order valence-corrected chi connectivity index (χ2v) is 5.34. The molecule has 0 unspecified atom stereocenters. The molecule has 0 saturated heterocycles. The summed E-state index contributed by atoms with van der Waals surface area (Å²) >= 11 is 5.86. The Labute approximate surface area is 127 Å². The molecule has 118 valence electrons. The van der Waals surface area contributed by atoms with Gasteiger partial charge in [0, 0.05) is 5.92 Å². The number of unbranched alkanes of at least 4 members (excludes halogenated alkanes) is 1. The normalized spacial score (nSPS) is 13.0. The van der Waals surface area contributed by atoms with E-state index in [2.05, 4.69) is 5.32 Å². The van der Waals surface area contributed by atoms with Crippen LogP contribution in [-0.4, -0.2) is 5.91 Å². The summed E-state index contributed by atoms with van der Waals surface area (Å²) < 4.78 is 38.0.